The van der Waals surface area contributed by atoms with E-state index in [1.807, 2.05) is 0 Å². The molecular formula is C12H24N2O2. The average molecular weight is 228 g/mol. The monoisotopic (exact) mass is 228 g/mol. The highest BCUT2D eigenvalue weighted by Gasteiger charge is 2.37. The van der Waals surface area contributed by atoms with Crippen molar-refractivity contribution in [1.29, 1.82) is 0 Å². The second kappa shape index (κ2) is 6.09. The number of piperidine rings is 1. The maximum atomic E-state index is 10.9. The Bertz CT molecular complexity index is 225. The Hall–Kier alpha value is -0.770. The van der Waals surface area contributed by atoms with Crippen LogP contribution in [0.1, 0.15) is 46.0 Å². The van der Waals surface area contributed by atoms with Gasteiger partial charge in [0.2, 0.25) is 0 Å². The molecule has 0 aromatic rings. The van der Waals surface area contributed by atoms with Crippen LogP contribution in [0.3, 0.4) is 0 Å². The Labute approximate surface area is 97.9 Å². The minimum Gasteiger partial charge on any atom is -0.446 e. The van der Waals surface area contributed by atoms with Crippen LogP contribution in [0.15, 0.2) is 0 Å². The number of primary amides is 1. The summed E-state index contributed by atoms with van der Waals surface area (Å²) in [6.07, 6.45) is 4.57. The van der Waals surface area contributed by atoms with Crippen molar-refractivity contribution < 1.29 is 9.53 Å². The molecule has 1 atom stereocenters. The molecule has 94 valence electrons. The Morgan fingerprint density at radius 3 is 2.62 bits per heavy atom. The summed E-state index contributed by atoms with van der Waals surface area (Å²) in [5, 5.41) is 3.33. The summed E-state index contributed by atoms with van der Waals surface area (Å²) in [7, 11) is 0. The van der Waals surface area contributed by atoms with E-state index in [2.05, 4.69) is 19.2 Å². The lowest BCUT2D eigenvalue weighted by molar-refractivity contribution is -0.00559. The largest absolute Gasteiger partial charge is 0.446 e. The van der Waals surface area contributed by atoms with Crippen LogP contribution < -0.4 is 11.1 Å². The average Bonchev–Trinajstić information content (AvgIpc) is 2.24. The number of hydrogen-bond donors (Lipinski definition) is 2. The van der Waals surface area contributed by atoms with Crippen LogP contribution in [0.4, 0.5) is 4.79 Å². The van der Waals surface area contributed by atoms with Gasteiger partial charge in [-0.25, -0.2) is 4.79 Å². The first-order valence-corrected chi connectivity index (χ1v) is 6.25. The maximum absolute atomic E-state index is 10.9. The van der Waals surface area contributed by atoms with E-state index in [1.54, 1.807) is 0 Å². The summed E-state index contributed by atoms with van der Waals surface area (Å²) in [5.41, 5.74) is 5.25. The number of carbonyl (C=O) groups excluding carboxylic acids is 1. The summed E-state index contributed by atoms with van der Waals surface area (Å²) in [6, 6.07) is 0. The topological polar surface area (TPSA) is 64.3 Å². The first-order valence-electron chi connectivity index (χ1n) is 6.25. The fourth-order valence-corrected chi connectivity index (χ4v) is 2.40. The van der Waals surface area contributed by atoms with Crippen molar-refractivity contribution >= 4 is 6.09 Å². The van der Waals surface area contributed by atoms with Crippen LogP contribution in [0, 0.1) is 5.41 Å². The third-order valence-corrected chi connectivity index (χ3v) is 3.60. The van der Waals surface area contributed by atoms with Gasteiger partial charge in [-0.2, -0.15) is 0 Å². The fourth-order valence-electron chi connectivity index (χ4n) is 2.40. The third kappa shape index (κ3) is 3.67. The molecule has 1 saturated heterocycles. The number of hydrogen-bond acceptors (Lipinski definition) is 3. The number of rotatable bonds is 5. The number of unbranched alkanes of at least 4 members (excludes halogenated alkanes) is 1. The van der Waals surface area contributed by atoms with Gasteiger partial charge in [-0.3, -0.25) is 0 Å². The van der Waals surface area contributed by atoms with E-state index >= 15 is 0 Å². The quantitative estimate of drug-likeness (QED) is 0.756. The molecule has 4 nitrogen and oxygen atoms in total. The molecule has 0 saturated carbocycles. The third-order valence-electron chi connectivity index (χ3n) is 3.60. The molecule has 0 spiro atoms. The first-order chi connectivity index (χ1) is 7.58. The Kier molecular flexibility index (Phi) is 5.06. The van der Waals surface area contributed by atoms with Crippen LogP contribution in [0.2, 0.25) is 0 Å². The normalized spacial score (nSPS) is 21.4. The summed E-state index contributed by atoms with van der Waals surface area (Å²) in [6.45, 7) is 6.35. The predicted molar refractivity (Wildman–Crippen MR) is 64.2 cm³/mol. The van der Waals surface area contributed by atoms with Crippen molar-refractivity contribution in [2.75, 3.05) is 13.1 Å². The first kappa shape index (κ1) is 13.3. The zero-order valence-corrected chi connectivity index (χ0v) is 10.4. The molecule has 1 unspecified atom stereocenters. The summed E-state index contributed by atoms with van der Waals surface area (Å²) in [5.74, 6) is 0. The maximum Gasteiger partial charge on any atom is 0.404 e. The van der Waals surface area contributed by atoms with E-state index < -0.39 is 6.09 Å². The van der Waals surface area contributed by atoms with Crippen molar-refractivity contribution in [1.82, 2.24) is 5.32 Å². The molecule has 1 rings (SSSR count). The van der Waals surface area contributed by atoms with Crippen LogP contribution in [0.25, 0.3) is 0 Å². The molecule has 0 aliphatic carbocycles. The smallest absolute Gasteiger partial charge is 0.404 e. The van der Waals surface area contributed by atoms with Gasteiger partial charge in [0.1, 0.15) is 6.10 Å². The molecule has 1 fully saturated rings. The number of ether oxygens (including phenoxy) is 1. The second-order valence-corrected chi connectivity index (χ2v) is 4.97. The van der Waals surface area contributed by atoms with E-state index in [-0.39, 0.29) is 11.5 Å². The van der Waals surface area contributed by atoms with Gasteiger partial charge >= 0.3 is 6.09 Å². The Morgan fingerprint density at radius 1 is 1.50 bits per heavy atom. The highest BCUT2D eigenvalue weighted by molar-refractivity contribution is 5.64. The van der Waals surface area contributed by atoms with Crippen LogP contribution >= 0.6 is 0 Å². The van der Waals surface area contributed by atoms with E-state index in [1.165, 1.54) is 0 Å². The fraction of sp³-hybridized carbons (Fsp3) is 0.917. The lowest BCUT2D eigenvalue weighted by Gasteiger charge is -2.40. The second-order valence-electron chi connectivity index (χ2n) is 4.97. The van der Waals surface area contributed by atoms with Crippen molar-refractivity contribution in [3.8, 4) is 0 Å². The molecule has 0 aromatic heterocycles. The Morgan fingerprint density at radius 2 is 2.12 bits per heavy atom. The lowest BCUT2D eigenvalue weighted by Crippen LogP contribution is -2.45. The minimum atomic E-state index is -0.638. The minimum absolute atomic E-state index is 0.0213. The molecule has 0 radical (unpaired) electrons. The van der Waals surface area contributed by atoms with Crippen molar-refractivity contribution in [3.05, 3.63) is 0 Å². The van der Waals surface area contributed by atoms with Gasteiger partial charge in [0.25, 0.3) is 0 Å². The van der Waals surface area contributed by atoms with Gasteiger partial charge in [-0.05, 0) is 32.4 Å². The number of carbonyl (C=O) groups is 1. The number of amides is 1. The van der Waals surface area contributed by atoms with E-state index in [9.17, 15) is 4.79 Å². The van der Waals surface area contributed by atoms with Gasteiger partial charge in [0.15, 0.2) is 0 Å². The lowest BCUT2D eigenvalue weighted by atomic mass is 9.74. The SMILES string of the molecule is CCCCC(OC(N)=O)C1(C)CCNCC1. The van der Waals surface area contributed by atoms with E-state index in [0.29, 0.717) is 0 Å². The van der Waals surface area contributed by atoms with Gasteiger partial charge in [0.05, 0.1) is 0 Å². The predicted octanol–water partition coefficient (Wildman–Crippen LogP) is 2.03. The number of nitrogens with one attached hydrogen (secondary N) is 1. The van der Waals surface area contributed by atoms with Crippen molar-refractivity contribution in [3.63, 3.8) is 0 Å². The van der Waals surface area contributed by atoms with Gasteiger partial charge in [-0.15, -0.1) is 0 Å². The molecular weight excluding hydrogens is 204 g/mol. The highest BCUT2D eigenvalue weighted by atomic mass is 16.6. The highest BCUT2D eigenvalue weighted by Crippen LogP contribution is 2.36. The van der Waals surface area contributed by atoms with Gasteiger partial charge < -0.3 is 15.8 Å². The van der Waals surface area contributed by atoms with E-state index in [0.717, 1.165) is 45.2 Å². The standard InChI is InChI=1S/C12H24N2O2/c1-3-4-5-10(16-11(13)15)12(2)6-8-14-9-7-12/h10,14H,3-9H2,1-2H3,(H2,13,15). The molecule has 1 aliphatic rings. The molecule has 4 heteroatoms. The molecule has 16 heavy (non-hydrogen) atoms. The molecule has 1 amide bonds. The summed E-state index contributed by atoms with van der Waals surface area (Å²) in [4.78, 5) is 10.9. The molecule has 0 bridgehead atoms. The van der Waals surface area contributed by atoms with Crippen molar-refractivity contribution in [2.24, 2.45) is 11.1 Å². The zero-order valence-electron chi connectivity index (χ0n) is 10.4. The summed E-state index contributed by atoms with van der Waals surface area (Å²) < 4.78 is 5.31. The van der Waals surface area contributed by atoms with Crippen LogP contribution in [-0.4, -0.2) is 25.3 Å². The van der Waals surface area contributed by atoms with E-state index in [4.69, 9.17) is 10.5 Å². The molecule has 1 aliphatic heterocycles. The van der Waals surface area contributed by atoms with Crippen molar-refractivity contribution in [2.45, 2.75) is 52.1 Å². The van der Waals surface area contributed by atoms with Crippen LogP contribution in [-0.2, 0) is 4.74 Å². The molecule has 0 aromatic carbocycles. The number of nitrogens with two attached hydrogens (primary N) is 1. The molecule has 3 N–H and O–H groups in total. The molecule has 1 heterocycles. The van der Waals surface area contributed by atoms with Crippen LogP contribution in [0.5, 0.6) is 0 Å². The Balaban J connectivity index is 2.60. The van der Waals surface area contributed by atoms with Gasteiger partial charge in [-0.1, -0.05) is 26.7 Å². The van der Waals surface area contributed by atoms with Gasteiger partial charge in [0, 0.05) is 5.41 Å². The summed E-state index contributed by atoms with van der Waals surface area (Å²) >= 11 is 0. The zero-order chi connectivity index (χ0) is 12.0.